The molecule has 0 fully saturated rings. The normalized spacial score (nSPS) is 10.6. The van der Waals surface area contributed by atoms with E-state index in [1.54, 1.807) is 6.20 Å². The Morgan fingerprint density at radius 3 is 2.06 bits per heavy atom. The number of aromatic nitrogens is 1. The predicted octanol–water partition coefficient (Wildman–Crippen LogP) is 4.00. The van der Waals surface area contributed by atoms with E-state index >= 15 is 0 Å². The second-order valence-electron chi connectivity index (χ2n) is 4.10. The van der Waals surface area contributed by atoms with E-state index in [4.69, 9.17) is 0 Å². The van der Waals surface area contributed by atoms with E-state index in [1.165, 1.54) is 0 Å². The molecule has 0 bridgehead atoms. The zero-order chi connectivity index (χ0) is 12.6. The van der Waals surface area contributed by atoms with Crippen molar-refractivity contribution < 1.29 is 0 Å². The number of allylic oxidation sites excluding steroid dienone is 3. The van der Waals surface area contributed by atoms with Gasteiger partial charge in [0.05, 0.1) is 0 Å². The lowest BCUT2D eigenvalue weighted by Crippen LogP contribution is -2.42. The van der Waals surface area contributed by atoms with Gasteiger partial charge in [-0.1, -0.05) is 24.3 Å². The summed E-state index contributed by atoms with van der Waals surface area (Å²) in [5.41, 5.74) is 0. The molecule has 1 aromatic rings. The highest BCUT2D eigenvalue weighted by atomic mass is 28.3. The molecule has 2 nitrogen and oxygen atoms in total. The van der Waals surface area contributed by atoms with Crippen molar-refractivity contribution in [3.8, 4) is 0 Å². The minimum absolute atomic E-state index is 0.935. The van der Waals surface area contributed by atoms with Crippen molar-refractivity contribution in [3.63, 3.8) is 0 Å². The molecule has 1 heterocycles. The summed E-state index contributed by atoms with van der Waals surface area (Å²) in [5, 5.41) is 0. The second-order valence-corrected chi connectivity index (χ2v) is 8.13. The van der Waals surface area contributed by atoms with Gasteiger partial charge in [0.2, 0.25) is 0 Å². The molecular formula is C14H20N2Si. The number of hydrogen-bond donors (Lipinski definition) is 1. The van der Waals surface area contributed by atoms with E-state index in [2.05, 4.69) is 29.7 Å². The third kappa shape index (κ3) is 4.04. The minimum Gasteiger partial charge on any atom is -0.394 e. The zero-order valence-electron chi connectivity index (χ0n) is 10.2. The minimum atomic E-state index is -1.70. The summed E-state index contributed by atoms with van der Waals surface area (Å²) in [6.45, 7) is 11.6. The van der Waals surface area contributed by atoms with Crippen LogP contribution in [0.2, 0.25) is 18.1 Å². The van der Waals surface area contributed by atoms with Gasteiger partial charge in [-0.2, -0.15) is 0 Å². The molecule has 0 aliphatic carbocycles. The van der Waals surface area contributed by atoms with Crippen molar-refractivity contribution in [2.24, 2.45) is 0 Å². The Bertz CT molecular complexity index is 347. The molecule has 90 valence electrons. The molecule has 0 aliphatic heterocycles. The van der Waals surface area contributed by atoms with Crippen LogP contribution >= 0.6 is 0 Å². The van der Waals surface area contributed by atoms with Crippen molar-refractivity contribution in [1.29, 1.82) is 0 Å². The Morgan fingerprint density at radius 2 is 1.65 bits per heavy atom. The van der Waals surface area contributed by atoms with Crippen LogP contribution in [0.5, 0.6) is 0 Å². The average Bonchev–Trinajstić information content (AvgIpc) is 2.31. The Balaban J connectivity index is 2.90. The summed E-state index contributed by atoms with van der Waals surface area (Å²) in [4.78, 5) is 7.94. The van der Waals surface area contributed by atoms with Gasteiger partial charge in [-0.3, -0.25) is 0 Å². The molecule has 0 saturated carbocycles. The number of rotatable bonds is 8. The molecule has 0 spiro atoms. The van der Waals surface area contributed by atoms with Gasteiger partial charge >= 0.3 is 0 Å². The molecule has 0 aromatic carbocycles. The van der Waals surface area contributed by atoms with Gasteiger partial charge in [0.25, 0.3) is 0 Å². The maximum Gasteiger partial charge on any atom is 0.166 e. The molecule has 0 aliphatic rings. The lowest BCUT2D eigenvalue weighted by molar-refractivity contribution is 1.27. The standard InChI is InChI=1S/C14H20N2Si/c1-4-11-17(12-5-2,13-6-3)16-14-9-7-8-10-15-14/h4-10H,1-3,11-13H2,(H,15,16). The molecule has 0 saturated heterocycles. The third-order valence-corrected chi connectivity index (χ3v) is 6.66. The molecule has 1 aromatic heterocycles. The number of nitrogens with zero attached hydrogens (tertiary/aromatic N) is 1. The molecule has 0 amide bonds. The zero-order valence-corrected chi connectivity index (χ0v) is 11.2. The smallest absolute Gasteiger partial charge is 0.166 e. The topological polar surface area (TPSA) is 24.9 Å². The third-order valence-electron chi connectivity index (χ3n) is 2.66. The van der Waals surface area contributed by atoms with Gasteiger partial charge in [0.1, 0.15) is 5.82 Å². The summed E-state index contributed by atoms with van der Waals surface area (Å²) in [5.74, 6) is 0.935. The largest absolute Gasteiger partial charge is 0.394 e. The van der Waals surface area contributed by atoms with Gasteiger partial charge in [-0.15, -0.1) is 19.7 Å². The van der Waals surface area contributed by atoms with Crippen molar-refractivity contribution >= 4 is 14.1 Å². The summed E-state index contributed by atoms with van der Waals surface area (Å²) in [6, 6.07) is 8.87. The van der Waals surface area contributed by atoms with Gasteiger partial charge in [-0.05, 0) is 30.3 Å². The Hall–Kier alpha value is -1.61. The van der Waals surface area contributed by atoms with E-state index in [1.807, 2.05) is 36.4 Å². The lowest BCUT2D eigenvalue weighted by Gasteiger charge is -2.30. The van der Waals surface area contributed by atoms with E-state index < -0.39 is 8.24 Å². The highest BCUT2D eigenvalue weighted by Gasteiger charge is 2.29. The van der Waals surface area contributed by atoms with Crippen LogP contribution in [-0.4, -0.2) is 13.2 Å². The summed E-state index contributed by atoms with van der Waals surface area (Å²) in [7, 11) is -1.70. The molecule has 0 radical (unpaired) electrons. The fourth-order valence-electron chi connectivity index (χ4n) is 1.94. The van der Waals surface area contributed by atoms with Crippen LogP contribution in [0.1, 0.15) is 0 Å². The number of pyridine rings is 1. The maximum absolute atomic E-state index is 4.33. The van der Waals surface area contributed by atoms with Gasteiger partial charge in [-0.25, -0.2) is 4.98 Å². The number of nitrogens with one attached hydrogen (secondary N) is 1. The van der Waals surface area contributed by atoms with Crippen LogP contribution in [0.4, 0.5) is 5.82 Å². The van der Waals surface area contributed by atoms with Crippen LogP contribution in [0, 0.1) is 0 Å². The number of hydrogen-bond acceptors (Lipinski definition) is 2. The van der Waals surface area contributed by atoms with Crippen LogP contribution in [0.25, 0.3) is 0 Å². The van der Waals surface area contributed by atoms with Crippen LogP contribution in [0.3, 0.4) is 0 Å². The fraction of sp³-hybridized carbons (Fsp3) is 0.214. The van der Waals surface area contributed by atoms with Crippen LogP contribution in [-0.2, 0) is 0 Å². The summed E-state index contributed by atoms with van der Waals surface area (Å²) >= 11 is 0. The van der Waals surface area contributed by atoms with Gasteiger partial charge < -0.3 is 4.98 Å². The lowest BCUT2D eigenvalue weighted by atomic mass is 10.5. The molecule has 17 heavy (non-hydrogen) atoms. The van der Waals surface area contributed by atoms with Gasteiger partial charge in [0, 0.05) is 6.20 Å². The van der Waals surface area contributed by atoms with Crippen molar-refractivity contribution in [2.45, 2.75) is 18.1 Å². The van der Waals surface area contributed by atoms with Crippen molar-refractivity contribution in [1.82, 2.24) is 4.98 Å². The predicted molar refractivity (Wildman–Crippen MR) is 78.6 cm³/mol. The van der Waals surface area contributed by atoms with Crippen molar-refractivity contribution in [2.75, 3.05) is 4.98 Å². The van der Waals surface area contributed by atoms with E-state index in [0.717, 1.165) is 24.0 Å². The fourth-order valence-corrected chi connectivity index (χ4v) is 5.10. The van der Waals surface area contributed by atoms with Gasteiger partial charge in [0.15, 0.2) is 8.24 Å². The molecular weight excluding hydrogens is 224 g/mol. The Morgan fingerprint density at radius 1 is 1.06 bits per heavy atom. The van der Waals surface area contributed by atoms with Crippen LogP contribution < -0.4 is 4.98 Å². The summed E-state index contributed by atoms with van der Waals surface area (Å²) in [6.07, 6.45) is 7.75. The molecule has 3 heteroatoms. The van der Waals surface area contributed by atoms with E-state index in [0.29, 0.717) is 0 Å². The SMILES string of the molecule is C=CC[Si](CC=C)(CC=C)Nc1ccccn1. The first-order chi connectivity index (χ1) is 8.26. The molecule has 1 N–H and O–H groups in total. The summed E-state index contributed by atoms with van der Waals surface area (Å²) < 4.78 is 0. The Labute approximate surface area is 105 Å². The quantitative estimate of drug-likeness (QED) is 0.552. The van der Waals surface area contributed by atoms with E-state index in [-0.39, 0.29) is 0 Å². The highest BCUT2D eigenvalue weighted by molar-refractivity contribution is 6.83. The average molecular weight is 244 g/mol. The molecule has 0 atom stereocenters. The van der Waals surface area contributed by atoms with E-state index in [9.17, 15) is 0 Å². The first-order valence-corrected chi connectivity index (χ1v) is 8.40. The highest BCUT2D eigenvalue weighted by Crippen LogP contribution is 2.24. The monoisotopic (exact) mass is 244 g/mol. The first kappa shape index (κ1) is 13.5. The first-order valence-electron chi connectivity index (χ1n) is 5.78. The second kappa shape index (κ2) is 6.86. The Kier molecular flexibility index (Phi) is 5.43. The van der Waals surface area contributed by atoms with Crippen molar-refractivity contribution in [3.05, 3.63) is 62.4 Å². The van der Waals surface area contributed by atoms with Crippen LogP contribution in [0.15, 0.2) is 62.4 Å². The molecule has 1 rings (SSSR count). The number of anilines is 1. The molecule has 0 unspecified atom stereocenters. The maximum atomic E-state index is 4.33.